The normalized spacial score (nSPS) is 21.9. The van der Waals surface area contributed by atoms with Gasteiger partial charge in [0.1, 0.15) is 11.6 Å². The summed E-state index contributed by atoms with van der Waals surface area (Å²) in [5.74, 6) is -1.69. The Morgan fingerprint density at radius 3 is 2.58 bits per heavy atom. The smallest absolute Gasteiger partial charge is 0.256 e. The molecule has 1 aliphatic rings. The molecule has 1 aromatic carbocycles. The monoisotopic (exact) mass is 269 g/mol. The number of aliphatic hydroxyl groups is 1. The van der Waals surface area contributed by atoms with E-state index < -0.39 is 17.5 Å². The third kappa shape index (κ3) is 2.92. The van der Waals surface area contributed by atoms with E-state index >= 15 is 0 Å². The lowest BCUT2D eigenvalue weighted by atomic mass is 9.82. The molecular weight excluding hydrogens is 252 g/mol. The van der Waals surface area contributed by atoms with E-state index in [2.05, 4.69) is 0 Å². The highest BCUT2D eigenvalue weighted by molar-refractivity contribution is 5.94. The van der Waals surface area contributed by atoms with E-state index in [9.17, 15) is 18.7 Å². The van der Waals surface area contributed by atoms with Crippen molar-refractivity contribution in [1.82, 2.24) is 4.90 Å². The number of carbonyl (C=O) groups is 1. The largest absolute Gasteiger partial charge is 0.393 e. The van der Waals surface area contributed by atoms with E-state index in [1.807, 2.05) is 0 Å². The average molecular weight is 269 g/mol. The van der Waals surface area contributed by atoms with Crippen molar-refractivity contribution in [3.63, 3.8) is 0 Å². The Hall–Kier alpha value is -1.49. The number of aliphatic hydroxyl groups excluding tert-OH is 1. The second kappa shape index (κ2) is 5.25. The highest BCUT2D eigenvalue weighted by Gasteiger charge is 2.29. The van der Waals surface area contributed by atoms with Gasteiger partial charge in [0.25, 0.3) is 5.91 Å². The number of halogens is 2. The van der Waals surface area contributed by atoms with Crippen LogP contribution in [0.5, 0.6) is 0 Å². The van der Waals surface area contributed by atoms with Crippen molar-refractivity contribution < 1.29 is 18.7 Å². The van der Waals surface area contributed by atoms with Crippen molar-refractivity contribution in [2.45, 2.75) is 25.9 Å². The second-order valence-corrected chi connectivity index (χ2v) is 5.26. The van der Waals surface area contributed by atoms with Crippen molar-refractivity contribution in [3.05, 3.63) is 34.9 Å². The lowest BCUT2D eigenvalue weighted by Crippen LogP contribution is -2.39. The number of hydrogen-bond donors (Lipinski definition) is 1. The first-order valence-electron chi connectivity index (χ1n) is 6.27. The van der Waals surface area contributed by atoms with Crippen molar-refractivity contribution in [3.8, 4) is 0 Å². The Labute approximate surface area is 110 Å². The molecule has 0 radical (unpaired) electrons. The molecule has 3 nitrogen and oxygen atoms in total. The fraction of sp³-hybridized carbons (Fsp3) is 0.500. The van der Waals surface area contributed by atoms with Crippen LogP contribution < -0.4 is 0 Å². The molecule has 0 aromatic heterocycles. The Balaban J connectivity index is 2.08. The van der Waals surface area contributed by atoms with Crippen LogP contribution in [-0.2, 0) is 0 Å². The van der Waals surface area contributed by atoms with Gasteiger partial charge in [-0.15, -0.1) is 0 Å². The molecule has 0 bridgehead atoms. The second-order valence-electron chi connectivity index (χ2n) is 5.26. The summed E-state index contributed by atoms with van der Waals surface area (Å²) in [5.41, 5.74) is 0.137. The number of amides is 1. The lowest BCUT2D eigenvalue weighted by Gasteiger charge is -2.34. The number of hydrogen-bond acceptors (Lipinski definition) is 2. The maximum atomic E-state index is 13.6. The van der Waals surface area contributed by atoms with E-state index in [0.717, 1.165) is 6.07 Å². The van der Waals surface area contributed by atoms with Gasteiger partial charge < -0.3 is 10.0 Å². The molecule has 0 spiro atoms. The number of carbonyl (C=O) groups excluding carboxylic acids is 1. The van der Waals surface area contributed by atoms with Gasteiger partial charge in [-0.3, -0.25) is 4.79 Å². The Morgan fingerprint density at radius 2 is 2.00 bits per heavy atom. The molecule has 1 aromatic rings. The third-order valence-corrected chi connectivity index (χ3v) is 3.57. The van der Waals surface area contributed by atoms with Crippen molar-refractivity contribution in [2.75, 3.05) is 13.6 Å². The first kappa shape index (κ1) is 13.9. The fourth-order valence-corrected chi connectivity index (χ4v) is 2.35. The minimum absolute atomic E-state index is 0.110. The molecule has 1 aliphatic carbocycles. The van der Waals surface area contributed by atoms with Gasteiger partial charge in [0, 0.05) is 19.7 Å². The molecular formula is C14H17F2NO2. The zero-order chi connectivity index (χ0) is 14.2. The summed E-state index contributed by atoms with van der Waals surface area (Å²) in [6.07, 6.45) is 1.06. The van der Waals surface area contributed by atoms with Crippen LogP contribution in [0.2, 0.25) is 0 Å². The summed E-state index contributed by atoms with van der Waals surface area (Å²) in [6.45, 7) is 1.97. The molecule has 1 N–H and O–H groups in total. The topological polar surface area (TPSA) is 40.5 Å². The van der Waals surface area contributed by atoms with Crippen LogP contribution in [0.3, 0.4) is 0 Å². The SMILES string of the molecule is Cc1cc(C(=O)N(C)CC2CC(O)C2)c(F)cc1F. The number of rotatable bonds is 3. The van der Waals surface area contributed by atoms with Gasteiger partial charge in [-0.05, 0) is 37.3 Å². The molecule has 5 heteroatoms. The van der Waals surface area contributed by atoms with Gasteiger partial charge >= 0.3 is 0 Å². The summed E-state index contributed by atoms with van der Waals surface area (Å²) in [5, 5.41) is 9.19. The average Bonchev–Trinajstić information content (AvgIpc) is 2.31. The minimum Gasteiger partial charge on any atom is -0.393 e. The maximum Gasteiger partial charge on any atom is 0.256 e. The Kier molecular flexibility index (Phi) is 3.85. The fourth-order valence-electron chi connectivity index (χ4n) is 2.35. The van der Waals surface area contributed by atoms with Gasteiger partial charge in [0.15, 0.2) is 0 Å². The van der Waals surface area contributed by atoms with E-state index in [0.29, 0.717) is 19.4 Å². The number of nitrogens with zero attached hydrogens (tertiary/aromatic N) is 1. The molecule has 0 aliphatic heterocycles. The van der Waals surface area contributed by atoms with Crippen LogP contribution >= 0.6 is 0 Å². The third-order valence-electron chi connectivity index (χ3n) is 3.57. The standard InChI is InChI=1S/C14H17F2NO2/c1-8-3-11(13(16)6-12(8)15)14(19)17(2)7-9-4-10(18)5-9/h3,6,9-10,18H,4-5,7H2,1-2H3. The summed E-state index contributed by atoms with van der Waals surface area (Å²) in [4.78, 5) is 13.5. The summed E-state index contributed by atoms with van der Waals surface area (Å²) >= 11 is 0. The summed E-state index contributed by atoms with van der Waals surface area (Å²) < 4.78 is 26.8. The van der Waals surface area contributed by atoms with E-state index in [-0.39, 0.29) is 23.1 Å². The van der Waals surface area contributed by atoms with Gasteiger partial charge in [0.05, 0.1) is 11.7 Å². The first-order chi connectivity index (χ1) is 8.88. The van der Waals surface area contributed by atoms with Crippen LogP contribution in [0.25, 0.3) is 0 Å². The van der Waals surface area contributed by atoms with Gasteiger partial charge in [-0.2, -0.15) is 0 Å². The molecule has 0 saturated heterocycles. The molecule has 0 unspecified atom stereocenters. The van der Waals surface area contributed by atoms with E-state index in [1.54, 1.807) is 7.05 Å². The van der Waals surface area contributed by atoms with Crippen LogP contribution in [-0.4, -0.2) is 35.6 Å². The molecule has 0 atom stereocenters. The minimum atomic E-state index is -0.839. The maximum absolute atomic E-state index is 13.6. The van der Waals surface area contributed by atoms with Gasteiger partial charge in [-0.25, -0.2) is 8.78 Å². The van der Waals surface area contributed by atoms with Crippen LogP contribution in [0.1, 0.15) is 28.8 Å². The molecule has 1 saturated carbocycles. The van der Waals surface area contributed by atoms with Crippen molar-refractivity contribution in [1.29, 1.82) is 0 Å². The zero-order valence-corrected chi connectivity index (χ0v) is 11.0. The van der Waals surface area contributed by atoms with Gasteiger partial charge in [-0.1, -0.05) is 0 Å². The highest BCUT2D eigenvalue weighted by atomic mass is 19.1. The molecule has 0 heterocycles. The van der Waals surface area contributed by atoms with Crippen molar-refractivity contribution in [2.24, 2.45) is 5.92 Å². The molecule has 19 heavy (non-hydrogen) atoms. The quantitative estimate of drug-likeness (QED) is 0.913. The summed E-state index contributed by atoms with van der Waals surface area (Å²) in [6, 6.07) is 1.97. The Bertz CT molecular complexity index is 498. The van der Waals surface area contributed by atoms with E-state index in [1.165, 1.54) is 17.9 Å². The predicted molar refractivity (Wildman–Crippen MR) is 66.8 cm³/mol. The van der Waals surface area contributed by atoms with Crippen LogP contribution in [0.15, 0.2) is 12.1 Å². The van der Waals surface area contributed by atoms with Crippen molar-refractivity contribution >= 4 is 5.91 Å². The predicted octanol–water partition coefficient (Wildman–Crippen LogP) is 2.12. The summed E-state index contributed by atoms with van der Waals surface area (Å²) in [7, 11) is 1.59. The van der Waals surface area contributed by atoms with E-state index in [4.69, 9.17) is 0 Å². The highest BCUT2D eigenvalue weighted by Crippen LogP contribution is 2.28. The molecule has 1 fully saturated rings. The molecule has 104 valence electrons. The van der Waals surface area contributed by atoms with Crippen LogP contribution in [0, 0.1) is 24.5 Å². The lowest BCUT2D eigenvalue weighted by molar-refractivity contribution is 0.0264. The zero-order valence-electron chi connectivity index (χ0n) is 11.0. The molecule has 1 amide bonds. The first-order valence-corrected chi connectivity index (χ1v) is 6.27. The van der Waals surface area contributed by atoms with Crippen LogP contribution in [0.4, 0.5) is 8.78 Å². The number of benzene rings is 1. The Morgan fingerprint density at radius 1 is 1.37 bits per heavy atom. The molecule has 2 rings (SSSR count). The number of aryl methyl sites for hydroxylation is 1. The van der Waals surface area contributed by atoms with Gasteiger partial charge in [0.2, 0.25) is 0 Å².